The maximum Gasteiger partial charge on any atom is 0.223 e. The van der Waals surface area contributed by atoms with Crippen molar-refractivity contribution in [1.29, 1.82) is 0 Å². The number of primary amides is 1. The normalized spacial score (nSPS) is 36.3. The van der Waals surface area contributed by atoms with Crippen molar-refractivity contribution in [3.05, 3.63) is 0 Å². The van der Waals surface area contributed by atoms with Crippen LogP contribution in [0.1, 0.15) is 71.1 Å². The van der Waals surface area contributed by atoms with Crippen LogP contribution < -0.4 is 5.73 Å². The van der Waals surface area contributed by atoms with Crippen LogP contribution in [-0.4, -0.2) is 42.6 Å². The summed E-state index contributed by atoms with van der Waals surface area (Å²) in [6.45, 7) is 5.87. The Bertz CT molecular complexity index is 412. The summed E-state index contributed by atoms with van der Waals surface area (Å²) in [4.78, 5) is 15.1. The predicted octanol–water partition coefficient (Wildman–Crippen LogP) is 3.09. The molecule has 4 nitrogen and oxygen atoms in total. The summed E-state index contributed by atoms with van der Waals surface area (Å²) in [7, 11) is 0. The molecule has 3 aliphatic rings. The molecule has 3 rings (SSSR count). The summed E-state index contributed by atoms with van der Waals surface area (Å²) in [5.41, 5.74) is 5.78. The van der Waals surface area contributed by atoms with Crippen molar-refractivity contribution in [3.8, 4) is 0 Å². The molecule has 1 heterocycles. The molecular formula is C19H34N2O2. The molecule has 2 unspecified atom stereocenters. The number of amides is 1. The first-order valence-electron chi connectivity index (χ1n) is 9.72. The number of hydrogen-bond acceptors (Lipinski definition) is 3. The fourth-order valence-electron chi connectivity index (χ4n) is 5.72. The third kappa shape index (κ3) is 3.17. The average Bonchev–Trinajstić information content (AvgIpc) is 2.83. The van der Waals surface area contributed by atoms with Crippen molar-refractivity contribution < 1.29 is 9.53 Å². The van der Waals surface area contributed by atoms with Crippen LogP contribution in [0, 0.1) is 11.3 Å². The summed E-state index contributed by atoms with van der Waals surface area (Å²) < 4.78 is 5.62. The third-order valence-electron chi connectivity index (χ3n) is 7.03. The number of nitrogens with zero attached hydrogens (tertiary/aromatic N) is 1. The van der Waals surface area contributed by atoms with Gasteiger partial charge in [0.05, 0.1) is 18.6 Å². The highest BCUT2D eigenvalue weighted by Gasteiger charge is 2.54. The zero-order valence-electron chi connectivity index (χ0n) is 14.8. The van der Waals surface area contributed by atoms with E-state index in [0.717, 1.165) is 45.6 Å². The van der Waals surface area contributed by atoms with Gasteiger partial charge in [-0.1, -0.05) is 45.4 Å². The highest BCUT2D eigenvalue weighted by atomic mass is 16.5. The molecule has 1 aliphatic heterocycles. The van der Waals surface area contributed by atoms with Gasteiger partial charge < -0.3 is 10.5 Å². The minimum atomic E-state index is -0.332. The Balaban J connectivity index is 1.96. The quantitative estimate of drug-likeness (QED) is 0.812. The summed E-state index contributed by atoms with van der Waals surface area (Å²) in [5, 5.41) is 0. The molecule has 2 saturated carbocycles. The number of nitrogens with two attached hydrogens (primary N) is 1. The maximum absolute atomic E-state index is 12.4. The second kappa shape index (κ2) is 7.10. The minimum absolute atomic E-state index is 0.0703. The molecule has 2 atom stereocenters. The summed E-state index contributed by atoms with van der Waals surface area (Å²) in [5.74, 6) is 0.344. The Morgan fingerprint density at radius 3 is 2.22 bits per heavy atom. The number of hydrogen-bond donors (Lipinski definition) is 1. The van der Waals surface area contributed by atoms with E-state index < -0.39 is 0 Å². The van der Waals surface area contributed by atoms with E-state index in [1.807, 2.05) is 0 Å². The SMILES string of the molecule is CC1(C(N)=O)CCCCC1C1(N2CCOCC2)CCCCCC1. The van der Waals surface area contributed by atoms with E-state index in [9.17, 15) is 4.79 Å². The van der Waals surface area contributed by atoms with Gasteiger partial charge in [0.1, 0.15) is 0 Å². The standard InChI is InChI=1S/C19H34N2O2/c1-18(17(20)22)9-7-4-8-16(18)19(10-5-2-3-6-11-19)21-12-14-23-15-13-21/h16H,2-15H2,1H3,(H2,20,22). The van der Waals surface area contributed by atoms with Crippen molar-refractivity contribution in [2.75, 3.05) is 26.3 Å². The molecule has 2 N–H and O–H groups in total. The lowest BCUT2D eigenvalue weighted by atomic mass is 9.57. The topological polar surface area (TPSA) is 55.6 Å². The van der Waals surface area contributed by atoms with Gasteiger partial charge in [0.25, 0.3) is 0 Å². The zero-order valence-corrected chi connectivity index (χ0v) is 14.8. The number of rotatable bonds is 3. The molecule has 0 aromatic rings. The number of carbonyl (C=O) groups is 1. The van der Waals surface area contributed by atoms with Crippen molar-refractivity contribution in [2.45, 2.75) is 76.7 Å². The van der Waals surface area contributed by atoms with E-state index in [2.05, 4.69) is 11.8 Å². The van der Waals surface area contributed by atoms with Crippen LogP contribution in [-0.2, 0) is 9.53 Å². The van der Waals surface area contributed by atoms with E-state index in [0.29, 0.717) is 5.92 Å². The van der Waals surface area contributed by atoms with Crippen LogP contribution in [0.5, 0.6) is 0 Å². The van der Waals surface area contributed by atoms with Crippen LogP contribution in [0.25, 0.3) is 0 Å². The van der Waals surface area contributed by atoms with E-state index >= 15 is 0 Å². The lowest BCUT2D eigenvalue weighted by Crippen LogP contribution is -2.63. The molecule has 1 saturated heterocycles. The van der Waals surface area contributed by atoms with Crippen molar-refractivity contribution in [1.82, 2.24) is 4.90 Å². The van der Waals surface area contributed by atoms with Crippen molar-refractivity contribution >= 4 is 5.91 Å². The zero-order chi connectivity index (χ0) is 16.3. The molecule has 0 radical (unpaired) electrons. The number of ether oxygens (including phenoxy) is 1. The fraction of sp³-hybridized carbons (Fsp3) is 0.947. The number of carbonyl (C=O) groups excluding carboxylic acids is 1. The molecule has 1 amide bonds. The van der Waals surface area contributed by atoms with Crippen molar-refractivity contribution in [3.63, 3.8) is 0 Å². The molecule has 0 aromatic heterocycles. The van der Waals surface area contributed by atoms with Crippen LogP contribution in [0.2, 0.25) is 0 Å². The van der Waals surface area contributed by atoms with Crippen LogP contribution in [0.4, 0.5) is 0 Å². The molecule has 3 fully saturated rings. The first kappa shape index (κ1) is 17.2. The van der Waals surface area contributed by atoms with E-state index in [4.69, 9.17) is 10.5 Å². The highest BCUT2D eigenvalue weighted by molar-refractivity contribution is 5.81. The Hall–Kier alpha value is -0.610. The largest absolute Gasteiger partial charge is 0.379 e. The molecule has 0 aromatic carbocycles. The Morgan fingerprint density at radius 1 is 1.00 bits per heavy atom. The second-order valence-corrected chi connectivity index (χ2v) is 8.20. The monoisotopic (exact) mass is 322 g/mol. The predicted molar refractivity (Wildman–Crippen MR) is 92.1 cm³/mol. The number of morpholine rings is 1. The molecule has 23 heavy (non-hydrogen) atoms. The van der Waals surface area contributed by atoms with Gasteiger partial charge in [0, 0.05) is 18.6 Å². The van der Waals surface area contributed by atoms with Gasteiger partial charge in [0.2, 0.25) is 5.91 Å². The molecule has 0 spiro atoms. The fourth-order valence-corrected chi connectivity index (χ4v) is 5.72. The van der Waals surface area contributed by atoms with Gasteiger partial charge in [-0.3, -0.25) is 9.69 Å². The van der Waals surface area contributed by atoms with Gasteiger partial charge in [-0.05, 0) is 31.6 Å². The van der Waals surface area contributed by atoms with Gasteiger partial charge in [-0.15, -0.1) is 0 Å². The Morgan fingerprint density at radius 2 is 1.61 bits per heavy atom. The molecule has 2 aliphatic carbocycles. The molecule has 0 bridgehead atoms. The second-order valence-electron chi connectivity index (χ2n) is 8.20. The van der Waals surface area contributed by atoms with Gasteiger partial charge >= 0.3 is 0 Å². The van der Waals surface area contributed by atoms with Gasteiger partial charge in [0.15, 0.2) is 0 Å². The Kier molecular flexibility index (Phi) is 5.32. The average molecular weight is 322 g/mol. The highest BCUT2D eigenvalue weighted by Crippen LogP contribution is 2.52. The van der Waals surface area contributed by atoms with Crippen LogP contribution in [0.15, 0.2) is 0 Å². The third-order valence-corrected chi connectivity index (χ3v) is 7.03. The lowest BCUT2D eigenvalue weighted by Gasteiger charge is -2.56. The van der Waals surface area contributed by atoms with Gasteiger partial charge in [-0.2, -0.15) is 0 Å². The molecule has 132 valence electrons. The Labute approximate surface area is 141 Å². The van der Waals surface area contributed by atoms with Gasteiger partial charge in [-0.25, -0.2) is 0 Å². The van der Waals surface area contributed by atoms with Crippen molar-refractivity contribution in [2.24, 2.45) is 17.1 Å². The van der Waals surface area contributed by atoms with E-state index in [-0.39, 0.29) is 16.9 Å². The minimum Gasteiger partial charge on any atom is -0.379 e. The first-order valence-corrected chi connectivity index (χ1v) is 9.72. The summed E-state index contributed by atoms with van der Waals surface area (Å²) in [6, 6.07) is 0. The first-order chi connectivity index (χ1) is 11.1. The lowest BCUT2D eigenvalue weighted by molar-refractivity contribution is -0.143. The van der Waals surface area contributed by atoms with E-state index in [1.54, 1.807) is 0 Å². The van der Waals surface area contributed by atoms with Crippen LogP contribution in [0.3, 0.4) is 0 Å². The smallest absolute Gasteiger partial charge is 0.223 e. The summed E-state index contributed by atoms with van der Waals surface area (Å²) >= 11 is 0. The molecular weight excluding hydrogens is 288 g/mol. The summed E-state index contributed by atoms with van der Waals surface area (Å²) in [6.07, 6.45) is 12.3. The van der Waals surface area contributed by atoms with Crippen LogP contribution >= 0.6 is 0 Å². The van der Waals surface area contributed by atoms with E-state index in [1.165, 1.54) is 44.9 Å². The maximum atomic E-state index is 12.4. The molecule has 4 heteroatoms.